The van der Waals surface area contributed by atoms with E-state index >= 15 is 0 Å². The monoisotopic (exact) mass is 649 g/mol. The molecular weight excluding hydrogens is 627 g/mol. The van der Waals surface area contributed by atoms with Gasteiger partial charge in [-0.05, 0) is 54.6 Å². The number of furan rings is 1. The Morgan fingerprint density at radius 1 is 0.431 bits per heavy atom. The number of hydrogen-bond acceptors (Lipinski definition) is 4. The minimum Gasteiger partial charge on any atom is -0.456 e. The van der Waals surface area contributed by atoms with Crippen LogP contribution in [0.1, 0.15) is 16.7 Å². The van der Waals surface area contributed by atoms with Crippen LogP contribution >= 0.6 is 0 Å². The second-order valence-electron chi connectivity index (χ2n) is 12.6. The first-order valence-corrected chi connectivity index (χ1v) is 16.5. The van der Waals surface area contributed by atoms with Crippen molar-refractivity contribution in [3.05, 3.63) is 156 Å². The van der Waals surface area contributed by atoms with Crippen LogP contribution in [0.2, 0.25) is 0 Å². The average molecular weight is 650 g/mol. The lowest BCUT2D eigenvalue weighted by Crippen LogP contribution is -2.06. The lowest BCUT2D eigenvalue weighted by atomic mass is 9.93. The maximum atomic E-state index is 10.8. The van der Waals surface area contributed by atoms with Crippen LogP contribution in [0.5, 0.6) is 0 Å². The third kappa shape index (κ3) is 3.89. The summed E-state index contributed by atoms with van der Waals surface area (Å²) in [6.45, 7) is 0. The standard InChI is InChI=1S/C45H23N5O/c46-24-27-22-29(26-48)44(49-37-16-5-1-11-30(37)31-12-2-6-17-38(31)49)36(23-27)33-15-9-10-28(25-47)43(33)50-39-18-7-3-13-32(39)34-20-21-41-42(45(34)50)35-14-4-8-19-40(35)51-41/h1-23H. The second-order valence-corrected chi connectivity index (χ2v) is 12.6. The number of nitriles is 3. The molecule has 0 bridgehead atoms. The highest BCUT2D eigenvalue weighted by Crippen LogP contribution is 2.45. The molecule has 0 amide bonds. The Bertz CT molecular complexity index is 3190. The van der Waals surface area contributed by atoms with E-state index in [1.807, 2.05) is 84.9 Å². The zero-order valence-corrected chi connectivity index (χ0v) is 26.9. The van der Waals surface area contributed by atoms with E-state index in [2.05, 4.69) is 75.9 Å². The van der Waals surface area contributed by atoms with Crippen LogP contribution in [0.25, 0.3) is 88.1 Å². The quantitative estimate of drug-likeness (QED) is 0.190. The van der Waals surface area contributed by atoms with E-state index in [-0.39, 0.29) is 0 Å². The smallest absolute Gasteiger partial charge is 0.137 e. The molecule has 0 unspecified atom stereocenters. The van der Waals surface area contributed by atoms with Crippen LogP contribution in [0.4, 0.5) is 0 Å². The third-order valence-electron chi connectivity index (χ3n) is 10.0. The van der Waals surface area contributed by atoms with Gasteiger partial charge in [0.25, 0.3) is 0 Å². The van der Waals surface area contributed by atoms with E-state index in [0.717, 1.165) is 65.6 Å². The van der Waals surface area contributed by atoms with Crippen molar-refractivity contribution >= 4 is 65.6 Å². The van der Waals surface area contributed by atoms with E-state index in [4.69, 9.17) is 4.42 Å². The maximum Gasteiger partial charge on any atom is 0.137 e. The minimum absolute atomic E-state index is 0.352. The molecule has 0 aliphatic rings. The van der Waals surface area contributed by atoms with Gasteiger partial charge >= 0.3 is 0 Å². The van der Waals surface area contributed by atoms with E-state index in [1.54, 1.807) is 6.07 Å². The third-order valence-corrected chi connectivity index (χ3v) is 10.0. The molecule has 0 aliphatic heterocycles. The van der Waals surface area contributed by atoms with Crippen molar-refractivity contribution in [3.63, 3.8) is 0 Å². The Labute approximate surface area is 291 Å². The first-order chi connectivity index (χ1) is 25.2. The van der Waals surface area contributed by atoms with Gasteiger partial charge < -0.3 is 13.6 Å². The first kappa shape index (κ1) is 28.4. The molecule has 7 aromatic carbocycles. The van der Waals surface area contributed by atoms with E-state index < -0.39 is 0 Å². The molecule has 0 saturated carbocycles. The van der Waals surface area contributed by atoms with Gasteiger partial charge in [-0.3, -0.25) is 0 Å². The Morgan fingerprint density at radius 2 is 1.02 bits per heavy atom. The summed E-state index contributed by atoms with van der Waals surface area (Å²) in [5.74, 6) is 0. The van der Waals surface area contributed by atoms with Crippen molar-refractivity contribution in [2.45, 2.75) is 0 Å². The summed E-state index contributed by atoms with van der Waals surface area (Å²) in [4.78, 5) is 0. The summed E-state index contributed by atoms with van der Waals surface area (Å²) in [5, 5.41) is 37.9. The Morgan fingerprint density at radius 3 is 1.69 bits per heavy atom. The molecule has 6 heteroatoms. The Hall–Kier alpha value is -7.59. The van der Waals surface area contributed by atoms with E-state index in [9.17, 15) is 15.8 Å². The second kappa shape index (κ2) is 10.7. The number of aromatic nitrogens is 2. The minimum atomic E-state index is 0.352. The van der Waals surface area contributed by atoms with Gasteiger partial charge in [-0.2, -0.15) is 15.8 Å². The molecule has 0 atom stereocenters. The van der Waals surface area contributed by atoms with Gasteiger partial charge in [0.05, 0.1) is 61.6 Å². The first-order valence-electron chi connectivity index (χ1n) is 16.5. The SMILES string of the molecule is N#Cc1cc(C#N)c(-n2c3ccccc3c3ccccc32)c(-c2cccc(C#N)c2-n2c3ccccc3c3ccc4oc5ccccc5c4c32)c1. The largest absolute Gasteiger partial charge is 0.456 e. The summed E-state index contributed by atoms with van der Waals surface area (Å²) in [6.07, 6.45) is 0. The van der Waals surface area contributed by atoms with Crippen LogP contribution in [0.3, 0.4) is 0 Å². The van der Waals surface area contributed by atoms with Gasteiger partial charge in [-0.25, -0.2) is 0 Å². The number of para-hydroxylation sites is 5. The zero-order chi connectivity index (χ0) is 34.2. The number of fused-ring (bicyclic) bond motifs is 10. The van der Waals surface area contributed by atoms with E-state index in [1.165, 1.54) is 0 Å². The van der Waals surface area contributed by atoms with Gasteiger partial charge in [0, 0.05) is 38.1 Å². The summed E-state index contributed by atoms with van der Waals surface area (Å²) < 4.78 is 10.7. The van der Waals surface area contributed by atoms with Crippen LogP contribution in [-0.4, -0.2) is 9.13 Å². The molecular formula is C45H23N5O. The fourth-order valence-corrected chi connectivity index (χ4v) is 7.98. The normalized spacial score (nSPS) is 11.5. The van der Waals surface area contributed by atoms with Crippen LogP contribution in [-0.2, 0) is 0 Å². The Balaban J connectivity index is 1.43. The topological polar surface area (TPSA) is 94.4 Å². The summed E-state index contributed by atoms with van der Waals surface area (Å²) in [5.41, 5.74) is 9.06. The molecule has 3 aromatic heterocycles. The zero-order valence-electron chi connectivity index (χ0n) is 26.9. The highest BCUT2D eigenvalue weighted by atomic mass is 16.3. The highest BCUT2D eigenvalue weighted by Gasteiger charge is 2.26. The molecule has 0 aliphatic carbocycles. The lowest BCUT2D eigenvalue weighted by molar-refractivity contribution is 0.669. The van der Waals surface area contributed by atoms with Crippen LogP contribution in [0, 0.1) is 34.0 Å². The maximum absolute atomic E-state index is 10.8. The number of nitrogens with zero attached hydrogens (tertiary/aromatic N) is 5. The molecule has 0 spiro atoms. The van der Waals surface area contributed by atoms with Gasteiger partial charge in [-0.15, -0.1) is 0 Å². The van der Waals surface area contributed by atoms with Crippen molar-refractivity contribution in [2.24, 2.45) is 0 Å². The van der Waals surface area contributed by atoms with Gasteiger partial charge in [0.1, 0.15) is 23.3 Å². The molecule has 0 fully saturated rings. The molecule has 234 valence electrons. The summed E-state index contributed by atoms with van der Waals surface area (Å²) in [7, 11) is 0. The predicted octanol–water partition coefficient (Wildman–Crippen LogP) is 11.1. The van der Waals surface area contributed by atoms with Crippen molar-refractivity contribution < 1.29 is 4.42 Å². The van der Waals surface area contributed by atoms with Crippen LogP contribution < -0.4 is 0 Å². The molecule has 10 rings (SSSR count). The lowest BCUT2D eigenvalue weighted by Gasteiger charge is -2.21. The molecule has 0 radical (unpaired) electrons. The van der Waals surface area contributed by atoms with Gasteiger partial charge in [0.15, 0.2) is 0 Å². The van der Waals surface area contributed by atoms with Gasteiger partial charge in [0.2, 0.25) is 0 Å². The highest BCUT2D eigenvalue weighted by molar-refractivity contribution is 6.25. The van der Waals surface area contributed by atoms with Gasteiger partial charge in [-0.1, -0.05) is 84.9 Å². The van der Waals surface area contributed by atoms with Crippen LogP contribution in [0.15, 0.2) is 144 Å². The summed E-state index contributed by atoms with van der Waals surface area (Å²) in [6, 6.07) is 53.0. The van der Waals surface area contributed by atoms with Crippen molar-refractivity contribution in [2.75, 3.05) is 0 Å². The molecule has 3 heterocycles. The van der Waals surface area contributed by atoms with Crippen molar-refractivity contribution in [1.29, 1.82) is 15.8 Å². The number of benzene rings is 7. The van der Waals surface area contributed by atoms with E-state index in [0.29, 0.717) is 39.2 Å². The fraction of sp³-hybridized carbons (Fsp3) is 0. The van der Waals surface area contributed by atoms with Crippen molar-refractivity contribution in [3.8, 4) is 40.7 Å². The fourth-order valence-electron chi connectivity index (χ4n) is 7.98. The molecule has 10 aromatic rings. The molecule has 51 heavy (non-hydrogen) atoms. The Kier molecular flexibility index (Phi) is 5.97. The molecule has 0 N–H and O–H groups in total. The summed E-state index contributed by atoms with van der Waals surface area (Å²) >= 11 is 0. The number of hydrogen-bond donors (Lipinski definition) is 0. The molecule has 0 saturated heterocycles. The average Bonchev–Trinajstić information content (AvgIpc) is 3.84. The molecule has 6 nitrogen and oxygen atoms in total. The van der Waals surface area contributed by atoms with Crippen molar-refractivity contribution in [1.82, 2.24) is 9.13 Å². The predicted molar refractivity (Wildman–Crippen MR) is 202 cm³/mol. The number of rotatable bonds is 3.